The number of hydrogen-bond donors (Lipinski definition) is 1. The molecule has 1 aromatic heterocycles. The Morgan fingerprint density at radius 1 is 1.57 bits per heavy atom. The largest absolute Gasteiger partial charge is 0.374 e. The van der Waals surface area contributed by atoms with Gasteiger partial charge in [-0.2, -0.15) is 0 Å². The third-order valence-corrected chi connectivity index (χ3v) is 3.55. The molecule has 1 amide bonds. The standard InChI is InChI=1S/C15H22ClN3O2/c1-11(2)9-19-5-6-21-13(10-19)8-18-15(20)12-3-4-14(16)17-7-12/h3-4,7,11,13H,5-6,8-10H2,1-2H3,(H,18,20). The van der Waals surface area contributed by atoms with E-state index < -0.39 is 0 Å². The van der Waals surface area contributed by atoms with Gasteiger partial charge >= 0.3 is 0 Å². The minimum absolute atomic E-state index is 0.0432. The van der Waals surface area contributed by atoms with Crippen LogP contribution in [0.15, 0.2) is 18.3 Å². The number of hydrogen-bond acceptors (Lipinski definition) is 4. The van der Waals surface area contributed by atoms with Crippen molar-refractivity contribution in [2.75, 3.05) is 32.8 Å². The molecule has 0 spiro atoms. The number of ether oxygens (including phenoxy) is 1. The Hall–Kier alpha value is -1.17. The van der Waals surface area contributed by atoms with E-state index in [9.17, 15) is 4.79 Å². The van der Waals surface area contributed by atoms with E-state index in [0.717, 1.165) is 26.2 Å². The minimum atomic E-state index is -0.149. The van der Waals surface area contributed by atoms with E-state index in [1.165, 1.54) is 6.20 Å². The van der Waals surface area contributed by atoms with E-state index in [-0.39, 0.29) is 12.0 Å². The molecule has 1 unspecified atom stereocenters. The van der Waals surface area contributed by atoms with Gasteiger partial charge in [0.25, 0.3) is 5.91 Å². The van der Waals surface area contributed by atoms with Crippen LogP contribution >= 0.6 is 11.6 Å². The topological polar surface area (TPSA) is 54.5 Å². The highest BCUT2D eigenvalue weighted by Crippen LogP contribution is 2.08. The van der Waals surface area contributed by atoms with Gasteiger partial charge in [0.15, 0.2) is 0 Å². The zero-order chi connectivity index (χ0) is 15.2. The van der Waals surface area contributed by atoms with Crippen molar-refractivity contribution >= 4 is 17.5 Å². The fourth-order valence-corrected chi connectivity index (χ4v) is 2.52. The third kappa shape index (κ3) is 5.26. The first-order valence-electron chi connectivity index (χ1n) is 7.28. The number of nitrogens with one attached hydrogen (secondary N) is 1. The van der Waals surface area contributed by atoms with Crippen molar-refractivity contribution in [2.45, 2.75) is 20.0 Å². The number of aromatic nitrogens is 1. The van der Waals surface area contributed by atoms with Crippen molar-refractivity contribution in [2.24, 2.45) is 5.92 Å². The highest BCUT2D eigenvalue weighted by atomic mass is 35.5. The molecule has 6 heteroatoms. The zero-order valence-corrected chi connectivity index (χ0v) is 13.3. The fourth-order valence-electron chi connectivity index (χ4n) is 2.40. The lowest BCUT2D eigenvalue weighted by atomic mass is 10.1. The molecule has 21 heavy (non-hydrogen) atoms. The van der Waals surface area contributed by atoms with Gasteiger partial charge in [-0.3, -0.25) is 9.69 Å². The Morgan fingerprint density at radius 3 is 3.05 bits per heavy atom. The second-order valence-corrected chi connectivity index (χ2v) is 6.11. The van der Waals surface area contributed by atoms with Crippen LogP contribution in [0.5, 0.6) is 0 Å². The molecule has 2 heterocycles. The van der Waals surface area contributed by atoms with Gasteiger partial charge in [-0.15, -0.1) is 0 Å². The van der Waals surface area contributed by atoms with Crippen molar-refractivity contribution < 1.29 is 9.53 Å². The van der Waals surface area contributed by atoms with Crippen LogP contribution in [0.2, 0.25) is 5.15 Å². The van der Waals surface area contributed by atoms with Crippen LogP contribution in [0.25, 0.3) is 0 Å². The summed E-state index contributed by atoms with van der Waals surface area (Å²) in [5.41, 5.74) is 0.509. The summed E-state index contributed by atoms with van der Waals surface area (Å²) in [5, 5.41) is 3.27. The van der Waals surface area contributed by atoms with Crippen LogP contribution in [-0.2, 0) is 4.74 Å². The molecule has 1 saturated heterocycles. The van der Waals surface area contributed by atoms with E-state index in [2.05, 4.69) is 29.0 Å². The monoisotopic (exact) mass is 311 g/mol. The first-order chi connectivity index (χ1) is 10.0. The molecule has 1 atom stereocenters. The Balaban J connectivity index is 1.79. The number of carbonyl (C=O) groups is 1. The number of pyridine rings is 1. The fraction of sp³-hybridized carbons (Fsp3) is 0.600. The number of halogens is 1. The number of carbonyl (C=O) groups excluding carboxylic acids is 1. The SMILES string of the molecule is CC(C)CN1CCOC(CNC(=O)c2ccc(Cl)nc2)C1. The van der Waals surface area contributed by atoms with Crippen LogP contribution in [0.4, 0.5) is 0 Å². The molecule has 1 N–H and O–H groups in total. The predicted molar refractivity (Wildman–Crippen MR) is 82.6 cm³/mol. The molecular weight excluding hydrogens is 290 g/mol. The Kier molecular flexibility index (Phi) is 5.96. The number of nitrogens with zero attached hydrogens (tertiary/aromatic N) is 2. The van der Waals surface area contributed by atoms with Gasteiger partial charge in [-0.25, -0.2) is 4.98 Å². The molecular formula is C15H22ClN3O2. The van der Waals surface area contributed by atoms with Gasteiger partial charge in [0.2, 0.25) is 0 Å². The first-order valence-corrected chi connectivity index (χ1v) is 7.66. The summed E-state index contributed by atoms with van der Waals surface area (Å²) >= 11 is 5.70. The summed E-state index contributed by atoms with van der Waals surface area (Å²) < 4.78 is 5.70. The molecule has 116 valence electrons. The predicted octanol–water partition coefficient (Wildman–Crippen LogP) is 1.82. The Morgan fingerprint density at radius 2 is 2.38 bits per heavy atom. The maximum absolute atomic E-state index is 12.0. The number of rotatable bonds is 5. The van der Waals surface area contributed by atoms with Crippen molar-refractivity contribution in [1.29, 1.82) is 0 Å². The minimum Gasteiger partial charge on any atom is -0.374 e. The molecule has 0 bridgehead atoms. The second kappa shape index (κ2) is 7.73. The van der Waals surface area contributed by atoms with Crippen molar-refractivity contribution in [3.63, 3.8) is 0 Å². The number of morpholine rings is 1. The lowest BCUT2D eigenvalue weighted by Crippen LogP contribution is -2.48. The third-order valence-electron chi connectivity index (χ3n) is 3.33. The summed E-state index contributed by atoms with van der Waals surface area (Å²) in [4.78, 5) is 18.3. The van der Waals surface area contributed by atoms with Crippen molar-refractivity contribution in [3.05, 3.63) is 29.0 Å². The lowest BCUT2D eigenvalue weighted by molar-refractivity contribution is -0.0295. The van der Waals surface area contributed by atoms with Crippen molar-refractivity contribution in [1.82, 2.24) is 15.2 Å². The highest BCUT2D eigenvalue weighted by Gasteiger charge is 2.21. The maximum atomic E-state index is 12.0. The van der Waals surface area contributed by atoms with Crippen molar-refractivity contribution in [3.8, 4) is 0 Å². The summed E-state index contributed by atoms with van der Waals surface area (Å²) in [6.07, 6.45) is 1.52. The second-order valence-electron chi connectivity index (χ2n) is 5.73. The van der Waals surface area contributed by atoms with Gasteiger partial charge in [0, 0.05) is 32.4 Å². The molecule has 5 nitrogen and oxygen atoms in total. The van der Waals surface area contributed by atoms with Crippen LogP contribution in [0.1, 0.15) is 24.2 Å². The van der Waals surface area contributed by atoms with E-state index in [1.54, 1.807) is 12.1 Å². The first kappa shape index (κ1) is 16.2. The molecule has 1 aliphatic rings. The zero-order valence-electron chi connectivity index (χ0n) is 12.5. The van der Waals surface area contributed by atoms with Gasteiger partial charge in [0.1, 0.15) is 5.15 Å². The molecule has 0 aromatic carbocycles. The van der Waals surface area contributed by atoms with Crippen LogP contribution in [-0.4, -0.2) is 54.7 Å². The normalized spacial score (nSPS) is 19.7. The summed E-state index contributed by atoms with van der Waals surface area (Å²) in [6.45, 7) is 8.53. The molecule has 0 aliphatic carbocycles. The van der Waals surface area contributed by atoms with E-state index in [1.807, 2.05) is 0 Å². The van der Waals surface area contributed by atoms with Gasteiger partial charge in [-0.1, -0.05) is 25.4 Å². The van der Waals surface area contributed by atoms with Gasteiger partial charge in [-0.05, 0) is 18.1 Å². The van der Waals surface area contributed by atoms with E-state index >= 15 is 0 Å². The molecule has 0 saturated carbocycles. The maximum Gasteiger partial charge on any atom is 0.252 e. The van der Waals surface area contributed by atoms with E-state index in [4.69, 9.17) is 16.3 Å². The van der Waals surface area contributed by atoms with Crippen LogP contribution < -0.4 is 5.32 Å². The van der Waals surface area contributed by atoms with Crippen LogP contribution in [0.3, 0.4) is 0 Å². The average molecular weight is 312 g/mol. The molecule has 0 radical (unpaired) electrons. The van der Waals surface area contributed by atoms with Crippen LogP contribution in [0, 0.1) is 5.92 Å². The molecule has 1 aromatic rings. The summed E-state index contributed by atoms with van der Waals surface area (Å²) in [6, 6.07) is 3.27. The van der Waals surface area contributed by atoms with E-state index in [0.29, 0.717) is 23.2 Å². The Bertz CT molecular complexity index is 464. The Labute approximate surface area is 130 Å². The summed E-state index contributed by atoms with van der Waals surface area (Å²) in [7, 11) is 0. The van der Waals surface area contributed by atoms with Gasteiger partial charge < -0.3 is 10.1 Å². The molecule has 1 fully saturated rings. The molecule has 1 aliphatic heterocycles. The smallest absolute Gasteiger partial charge is 0.252 e. The lowest BCUT2D eigenvalue weighted by Gasteiger charge is -2.33. The average Bonchev–Trinajstić information content (AvgIpc) is 2.45. The number of amides is 1. The van der Waals surface area contributed by atoms with Gasteiger partial charge in [0.05, 0.1) is 18.3 Å². The highest BCUT2D eigenvalue weighted by molar-refractivity contribution is 6.29. The summed E-state index contributed by atoms with van der Waals surface area (Å²) in [5.74, 6) is 0.488. The quantitative estimate of drug-likeness (QED) is 0.843. The molecule has 2 rings (SSSR count).